The van der Waals surface area contributed by atoms with Crippen LogP contribution in [0.2, 0.25) is 0 Å². The molecule has 0 radical (unpaired) electrons. The second-order valence-corrected chi connectivity index (χ2v) is 7.06. The standard InChI is InChI=1S/C15H32N2.HI/c1-16(12-6-7-13-16)10-4-3-5-11-17(2)14-8-9-15-17;/h3-15H2,1-2H3;1H/q+2;/p-1. The fraction of sp³-hybridized carbons (Fsp3) is 1.00. The molecule has 2 aliphatic rings. The van der Waals surface area contributed by atoms with Gasteiger partial charge < -0.3 is 32.9 Å². The number of halogens is 1. The van der Waals surface area contributed by atoms with Crippen molar-refractivity contribution in [3.05, 3.63) is 0 Å². The Hall–Kier alpha value is 0.650. The van der Waals surface area contributed by atoms with Crippen LogP contribution < -0.4 is 24.0 Å². The molecule has 0 saturated carbocycles. The van der Waals surface area contributed by atoms with E-state index in [4.69, 9.17) is 0 Å². The third-order valence-electron chi connectivity index (χ3n) is 5.19. The summed E-state index contributed by atoms with van der Waals surface area (Å²) in [5.41, 5.74) is 0. The highest BCUT2D eigenvalue weighted by Crippen LogP contribution is 2.19. The molecule has 2 fully saturated rings. The van der Waals surface area contributed by atoms with Crippen LogP contribution in [0.1, 0.15) is 44.9 Å². The van der Waals surface area contributed by atoms with Crippen molar-refractivity contribution in [2.24, 2.45) is 0 Å². The fourth-order valence-electron chi connectivity index (χ4n) is 3.81. The minimum atomic E-state index is 0. The molecule has 2 aliphatic heterocycles. The summed E-state index contributed by atoms with van der Waals surface area (Å²) in [5, 5.41) is 0. The second kappa shape index (κ2) is 7.44. The molecule has 0 aliphatic carbocycles. The predicted octanol–water partition coefficient (Wildman–Crippen LogP) is -0.358. The highest BCUT2D eigenvalue weighted by molar-refractivity contribution is 4.54. The molecular formula is C15H32IN2+. The quantitative estimate of drug-likeness (QED) is 0.342. The van der Waals surface area contributed by atoms with Crippen molar-refractivity contribution in [2.45, 2.75) is 44.9 Å². The molecule has 0 bridgehead atoms. The zero-order chi connectivity index (χ0) is 12.2. The molecule has 0 spiro atoms. The number of hydrogen-bond donors (Lipinski definition) is 0. The van der Waals surface area contributed by atoms with Gasteiger partial charge in [0.1, 0.15) is 0 Å². The zero-order valence-electron chi connectivity index (χ0n) is 12.5. The third-order valence-corrected chi connectivity index (χ3v) is 5.19. The van der Waals surface area contributed by atoms with E-state index in [-0.39, 0.29) is 24.0 Å². The van der Waals surface area contributed by atoms with Crippen molar-refractivity contribution in [1.82, 2.24) is 0 Å². The van der Waals surface area contributed by atoms with Gasteiger partial charge in [0.25, 0.3) is 0 Å². The number of hydrogen-bond acceptors (Lipinski definition) is 0. The number of rotatable bonds is 6. The average molecular weight is 367 g/mol. The third kappa shape index (κ3) is 4.97. The van der Waals surface area contributed by atoms with Crippen LogP contribution in [0.15, 0.2) is 0 Å². The molecule has 108 valence electrons. The molecule has 2 saturated heterocycles. The van der Waals surface area contributed by atoms with Crippen molar-refractivity contribution in [3.63, 3.8) is 0 Å². The van der Waals surface area contributed by atoms with Gasteiger partial charge in [-0.2, -0.15) is 0 Å². The molecule has 2 heterocycles. The van der Waals surface area contributed by atoms with Gasteiger partial charge in [0.2, 0.25) is 0 Å². The Balaban J connectivity index is 0.00000162. The highest BCUT2D eigenvalue weighted by Gasteiger charge is 2.27. The first-order valence-electron chi connectivity index (χ1n) is 7.79. The average Bonchev–Trinajstić information content (AvgIpc) is 2.89. The van der Waals surface area contributed by atoms with E-state index in [1.165, 1.54) is 93.2 Å². The minimum absolute atomic E-state index is 0. The molecule has 0 aromatic rings. The van der Waals surface area contributed by atoms with Crippen LogP contribution in [-0.4, -0.2) is 62.3 Å². The molecule has 3 heteroatoms. The normalized spacial score (nSPS) is 25.0. The number of nitrogens with zero attached hydrogens (tertiary/aromatic N) is 2. The molecule has 0 N–H and O–H groups in total. The maximum absolute atomic E-state index is 2.46. The molecule has 18 heavy (non-hydrogen) atoms. The van der Waals surface area contributed by atoms with Crippen molar-refractivity contribution >= 4 is 0 Å². The first-order chi connectivity index (χ1) is 8.12. The van der Waals surface area contributed by atoms with Gasteiger partial charge in [-0.3, -0.25) is 0 Å². The van der Waals surface area contributed by atoms with Crippen LogP contribution in [-0.2, 0) is 0 Å². The minimum Gasteiger partial charge on any atom is -1.00 e. The summed E-state index contributed by atoms with van der Waals surface area (Å²) in [6, 6.07) is 0. The Kier molecular flexibility index (Phi) is 6.90. The molecule has 2 rings (SSSR count). The van der Waals surface area contributed by atoms with Crippen molar-refractivity contribution in [3.8, 4) is 0 Å². The van der Waals surface area contributed by atoms with Gasteiger partial charge in [0, 0.05) is 25.7 Å². The summed E-state index contributed by atoms with van der Waals surface area (Å²) >= 11 is 0. The fourth-order valence-corrected chi connectivity index (χ4v) is 3.81. The Morgan fingerprint density at radius 1 is 0.611 bits per heavy atom. The van der Waals surface area contributed by atoms with E-state index in [2.05, 4.69) is 14.1 Å². The molecular weight excluding hydrogens is 335 g/mol. The lowest BCUT2D eigenvalue weighted by atomic mass is 10.2. The van der Waals surface area contributed by atoms with Crippen molar-refractivity contribution in [2.75, 3.05) is 53.4 Å². The largest absolute Gasteiger partial charge is 1.00 e. The van der Waals surface area contributed by atoms with E-state index in [1.54, 1.807) is 0 Å². The number of likely N-dealkylation sites (tertiary alicyclic amines) is 2. The Bertz CT molecular complexity index is 207. The first kappa shape index (κ1) is 16.7. The van der Waals surface area contributed by atoms with Crippen LogP contribution in [0, 0.1) is 0 Å². The van der Waals surface area contributed by atoms with Gasteiger partial charge >= 0.3 is 0 Å². The van der Waals surface area contributed by atoms with Crippen molar-refractivity contribution < 1.29 is 32.9 Å². The van der Waals surface area contributed by atoms with Gasteiger partial charge in [-0.25, -0.2) is 0 Å². The van der Waals surface area contributed by atoms with Gasteiger partial charge in [-0.1, -0.05) is 0 Å². The monoisotopic (exact) mass is 367 g/mol. The Labute approximate surface area is 131 Å². The zero-order valence-corrected chi connectivity index (χ0v) is 14.6. The van der Waals surface area contributed by atoms with Gasteiger partial charge in [-0.15, -0.1) is 0 Å². The first-order valence-corrected chi connectivity index (χ1v) is 7.79. The number of unbranched alkanes of at least 4 members (excludes halogenated alkanes) is 2. The van der Waals surface area contributed by atoms with E-state index < -0.39 is 0 Å². The molecule has 0 aromatic carbocycles. The van der Waals surface area contributed by atoms with Crippen LogP contribution in [0.25, 0.3) is 0 Å². The van der Waals surface area contributed by atoms with E-state index >= 15 is 0 Å². The van der Waals surface area contributed by atoms with Crippen LogP contribution in [0.3, 0.4) is 0 Å². The van der Waals surface area contributed by atoms with E-state index in [0.717, 1.165) is 0 Å². The van der Waals surface area contributed by atoms with Crippen LogP contribution >= 0.6 is 0 Å². The Morgan fingerprint density at radius 2 is 0.944 bits per heavy atom. The molecule has 0 atom stereocenters. The SMILES string of the molecule is C[N+]1(CCCCC[N+]2(C)CCCC2)CCCC1.[I-]. The lowest BCUT2D eigenvalue weighted by molar-refractivity contribution is -0.899. The molecule has 0 unspecified atom stereocenters. The summed E-state index contributed by atoms with van der Waals surface area (Å²) in [4.78, 5) is 0. The van der Waals surface area contributed by atoms with Gasteiger partial charge in [0.15, 0.2) is 0 Å². The van der Waals surface area contributed by atoms with Gasteiger partial charge in [-0.05, 0) is 19.3 Å². The Morgan fingerprint density at radius 3 is 1.28 bits per heavy atom. The maximum Gasteiger partial charge on any atom is 0.0786 e. The van der Waals surface area contributed by atoms with Gasteiger partial charge in [0.05, 0.1) is 53.4 Å². The highest BCUT2D eigenvalue weighted by atomic mass is 127. The predicted molar refractivity (Wildman–Crippen MR) is 73.9 cm³/mol. The maximum atomic E-state index is 2.46. The van der Waals surface area contributed by atoms with Crippen LogP contribution in [0.4, 0.5) is 0 Å². The van der Waals surface area contributed by atoms with E-state index in [0.29, 0.717) is 0 Å². The molecule has 2 nitrogen and oxygen atoms in total. The summed E-state index contributed by atoms with van der Waals surface area (Å²) in [6.07, 6.45) is 10.2. The van der Waals surface area contributed by atoms with E-state index in [9.17, 15) is 0 Å². The smallest absolute Gasteiger partial charge is 0.0786 e. The summed E-state index contributed by atoms with van der Waals surface area (Å²) in [7, 11) is 4.92. The number of quaternary nitrogens is 2. The molecule has 0 amide bonds. The van der Waals surface area contributed by atoms with Crippen LogP contribution in [0.5, 0.6) is 0 Å². The lowest BCUT2D eigenvalue weighted by Gasteiger charge is -2.30. The molecule has 0 aromatic heterocycles. The van der Waals surface area contributed by atoms with Crippen molar-refractivity contribution in [1.29, 1.82) is 0 Å². The summed E-state index contributed by atoms with van der Waals surface area (Å²) in [6.45, 7) is 8.62. The second-order valence-electron chi connectivity index (χ2n) is 7.06. The summed E-state index contributed by atoms with van der Waals surface area (Å²) < 4.78 is 2.73. The topological polar surface area (TPSA) is 0 Å². The summed E-state index contributed by atoms with van der Waals surface area (Å²) in [5.74, 6) is 0. The van der Waals surface area contributed by atoms with E-state index in [1.807, 2.05) is 0 Å². The lowest BCUT2D eigenvalue weighted by Crippen LogP contribution is -3.00.